The largest absolute Gasteiger partial charge is 0.490 e. The van der Waals surface area contributed by atoms with Gasteiger partial charge in [-0.05, 0) is 152 Å². The molecule has 4 amide bonds. The summed E-state index contributed by atoms with van der Waals surface area (Å²) >= 11 is 25.4. The maximum absolute atomic E-state index is 15.6. The molecule has 10 N–H and O–H groups in total. The van der Waals surface area contributed by atoms with E-state index in [1.165, 1.54) is 24.3 Å². The molecule has 5 saturated heterocycles. The molecule has 4 aromatic carbocycles. The van der Waals surface area contributed by atoms with Gasteiger partial charge in [-0.25, -0.2) is 57.4 Å². The van der Waals surface area contributed by atoms with Gasteiger partial charge >= 0.3 is 0 Å². The average molecular weight is 2000 g/mol. The number of fused-ring (bicyclic) bond motifs is 4. The maximum atomic E-state index is 15.6. The van der Waals surface area contributed by atoms with Gasteiger partial charge < -0.3 is 81.2 Å². The van der Waals surface area contributed by atoms with Crippen molar-refractivity contribution in [3.63, 3.8) is 0 Å². The van der Waals surface area contributed by atoms with E-state index < -0.39 is 64.8 Å². The van der Waals surface area contributed by atoms with Gasteiger partial charge in [-0.3, -0.25) is 36.8 Å². The molecule has 742 valence electrons. The van der Waals surface area contributed by atoms with Gasteiger partial charge in [0, 0.05) is 165 Å². The van der Waals surface area contributed by atoms with Crippen molar-refractivity contribution in [1.29, 1.82) is 0 Å². The van der Waals surface area contributed by atoms with Crippen LogP contribution in [0.1, 0.15) is 261 Å². The highest BCUT2D eigenvalue weighted by molar-refractivity contribution is 6.32. The van der Waals surface area contributed by atoms with E-state index in [2.05, 4.69) is 30.2 Å². The van der Waals surface area contributed by atoms with Crippen molar-refractivity contribution in [2.24, 2.45) is 10.8 Å². The van der Waals surface area contributed by atoms with Crippen LogP contribution in [0.4, 0.5) is 40.8 Å². The Morgan fingerprint density at radius 1 is 0.453 bits per heavy atom. The standard InChI is InChI=1S/C26H31ClFN5O3.C25H29ClFN5O3.C25H31ClFN5O3.C23H27ClFN5O3/c1-14(2)36-22-17(15(3)24-31-16(4)21-23(29)30-7-10-33(21)24)11-18(27)20(28)19(22)25(34)32-8-5-26(6-9-32)12-35-13-26;1-13(2)35-21-16(14(3)23-30-15(4)20-22(28)29-6-7-32(20)23)9-17(26)19(27)18(21)24(33)31-10-25(11-31)5-8-34-12-25;1-13(2)35-22-17(14(3)24-30-15(4)21-23(28)29-8-10-32(21)24)11-18(26)20(27)19(22)25(33)31-9-6-7-16(12-31)34-5;1-10(2)33-20-15(11(3)22-28-12(4)19-21(26)27-5-6-30(19)22)9-16(24)18(25)17(20)23(32)29-13-7-14(31)8-13/h7,10-11,14-15H,5-6,8-9,12-13H2,1-4H3,(H2,29,30);6-7,9,13-14H,5,8,10-12H2,1-4H3,(H2,28,29);8,10-11,13-14,16H,6-7,9,12H2,1-5H3,(H2,28,29);5-6,9-11,13-14,31H,7-8H2,1-4H3,(H2,26,27)(H,29,32). The number of imidazole rings is 4. The summed E-state index contributed by atoms with van der Waals surface area (Å²) in [6.45, 7) is 35.4. The topological polar surface area (TPSA) is 400 Å². The Bertz CT molecular complexity index is 6700. The molecule has 6 aliphatic rings. The zero-order chi connectivity index (χ0) is 100. The van der Waals surface area contributed by atoms with Crippen LogP contribution in [0.2, 0.25) is 20.1 Å². The number of hydrogen-bond donors (Lipinski definition) is 6. The van der Waals surface area contributed by atoms with E-state index in [-0.39, 0.29) is 125 Å². The number of rotatable bonds is 22. The summed E-state index contributed by atoms with van der Waals surface area (Å²) in [6, 6.07) is 5.83. The molecule has 8 aromatic heterocycles. The predicted molar refractivity (Wildman–Crippen MR) is 522 cm³/mol. The Balaban J connectivity index is 0.000000140. The number of halogens is 8. The van der Waals surface area contributed by atoms with E-state index in [0.29, 0.717) is 168 Å². The van der Waals surface area contributed by atoms with E-state index in [0.717, 1.165) is 56.7 Å². The molecule has 32 nitrogen and oxygen atoms in total. The van der Waals surface area contributed by atoms with Crippen LogP contribution in [-0.4, -0.2) is 216 Å². The molecule has 1 saturated carbocycles. The van der Waals surface area contributed by atoms with E-state index in [1.54, 1.807) is 85.2 Å². The molecule has 0 radical (unpaired) electrons. The number of ether oxygens (including phenoxy) is 7. The summed E-state index contributed by atoms with van der Waals surface area (Å²) in [5, 5.41) is 11.7. The molecule has 5 aliphatic heterocycles. The molecule has 18 rings (SSSR count). The molecule has 139 heavy (non-hydrogen) atoms. The third kappa shape index (κ3) is 20.2. The summed E-state index contributed by atoms with van der Waals surface area (Å²) < 4.78 is 110. The number of anilines is 4. The first kappa shape index (κ1) is 102. The van der Waals surface area contributed by atoms with Crippen LogP contribution < -0.4 is 47.2 Å². The van der Waals surface area contributed by atoms with Crippen molar-refractivity contribution in [3.05, 3.63) is 208 Å². The maximum Gasteiger partial charge on any atom is 0.260 e. The number of aromatic nitrogens is 12. The lowest BCUT2D eigenvalue weighted by Gasteiger charge is -2.47. The smallest absolute Gasteiger partial charge is 0.260 e. The second-order valence-electron chi connectivity index (χ2n) is 38.1. The van der Waals surface area contributed by atoms with Crippen LogP contribution in [0, 0.1) is 61.8 Å². The Morgan fingerprint density at radius 2 is 0.770 bits per heavy atom. The highest BCUT2D eigenvalue weighted by Crippen LogP contribution is 2.49. The lowest BCUT2D eigenvalue weighted by atomic mass is 9.76. The zero-order valence-electron chi connectivity index (χ0n) is 80.8. The first-order chi connectivity index (χ1) is 65.9. The average Bonchev–Trinajstić information content (AvgIpc) is 1.73. The third-order valence-corrected chi connectivity index (χ3v) is 27.6. The Morgan fingerprint density at radius 3 is 1.07 bits per heavy atom. The number of piperidine rings is 2. The molecule has 5 unspecified atom stereocenters. The highest BCUT2D eigenvalue weighted by atomic mass is 35.5. The van der Waals surface area contributed by atoms with Gasteiger partial charge in [0.05, 0.1) is 99.3 Å². The van der Waals surface area contributed by atoms with Gasteiger partial charge in [-0.15, -0.1) is 0 Å². The zero-order valence-corrected chi connectivity index (χ0v) is 83.8. The monoisotopic (exact) mass is 1990 g/mol. The van der Waals surface area contributed by atoms with Gasteiger partial charge in [-0.1, -0.05) is 74.1 Å². The van der Waals surface area contributed by atoms with Gasteiger partial charge in [0.15, 0.2) is 23.3 Å². The first-order valence-electron chi connectivity index (χ1n) is 46.6. The number of methoxy groups -OCH3 is 1. The molecular weight excluding hydrogens is 1880 g/mol. The number of amides is 4. The minimum absolute atomic E-state index is 0.0276. The second-order valence-corrected chi connectivity index (χ2v) is 39.7. The molecule has 40 heteroatoms. The molecule has 5 atom stereocenters. The fraction of sp³-hybridized carbons (Fsp3) is 0.475. The number of nitrogen functional groups attached to an aromatic ring is 4. The van der Waals surface area contributed by atoms with Crippen molar-refractivity contribution in [2.45, 2.75) is 222 Å². The third-order valence-electron chi connectivity index (χ3n) is 26.5. The molecule has 13 heterocycles. The van der Waals surface area contributed by atoms with E-state index >= 15 is 17.6 Å². The molecule has 0 bridgehead atoms. The van der Waals surface area contributed by atoms with E-state index in [1.807, 2.05) is 115 Å². The van der Waals surface area contributed by atoms with Crippen LogP contribution in [0.15, 0.2) is 73.8 Å². The number of aliphatic hydroxyl groups is 1. The Labute approximate surface area is 822 Å². The number of likely N-dealkylation sites (tertiary alicyclic amines) is 3. The van der Waals surface area contributed by atoms with Crippen LogP contribution >= 0.6 is 46.4 Å². The van der Waals surface area contributed by atoms with Crippen molar-refractivity contribution in [3.8, 4) is 23.0 Å². The van der Waals surface area contributed by atoms with Crippen LogP contribution in [0.5, 0.6) is 23.0 Å². The normalized spacial score (nSPS) is 18.0. The van der Waals surface area contributed by atoms with Gasteiger partial charge in [-0.2, -0.15) is 0 Å². The summed E-state index contributed by atoms with van der Waals surface area (Å²) in [6.07, 6.45) is 16.7. The molecule has 6 fully saturated rings. The first-order valence-corrected chi connectivity index (χ1v) is 48.1. The second kappa shape index (κ2) is 41.3. The number of hydrogen-bond acceptors (Lipinski definition) is 24. The molecule has 2 spiro atoms. The minimum atomic E-state index is -0.849. The summed E-state index contributed by atoms with van der Waals surface area (Å²) in [5.74, 6) is -1.97. The van der Waals surface area contributed by atoms with Crippen LogP contribution in [0.3, 0.4) is 0 Å². The fourth-order valence-electron chi connectivity index (χ4n) is 19.3. The van der Waals surface area contributed by atoms with Crippen LogP contribution in [0.25, 0.3) is 22.1 Å². The number of nitrogens with zero attached hydrogens (tertiary/aromatic N) is 15. The van der Waals surface area contributed by atoms with Gasteiger partial charge in [0.2, 0.25) is 0 Å². The summed E-state index contributed by atoms with van der Waals surface area (Å²) in [7, 11) is 1.62. The molecule has 12 aromatic rings. The lowest BCUT2D eigenvalue weighted by molar-refractivity contribution is -0.136. The van der Waals surface area contributed by atoms with Gasteiger partial charge in [0.25, 0.3) is 23.6 Å². The minimum Gasteiger partial charge on any atom is -0.490 e. The number of nitrogens with one attached hydrogen (secondary N) is 1. The number of carbonyl (C=O) groups is 4. The Kier molecular flexibility index (Phi) is 30.2. The fourth-order valence-corrected chi connectivity index (χ4v) is 20.2. The summed E-state index contributed by atoms with van der Waals surface area (Å²) in [4.78, 5) is 94.5. The van der Waals surface area contributed by atoms with Crippen molar-refractivity contribution in [2.75, 3.05) is 95.7 Å². The van der Waals surface area contributed by atoms with Crippen molar-refractivity contribution >= 4 is 115 Å². The highest BCUT2D eigenvalue weighted by Gasteiger charge is 2.50. The summed E-state index contributed by atoms with van der Waals surface area (Å²) in [5.41, 5.74) is 31.7. The van der Waals surface area contributed by atoms with E-state index in [9.17, 15) is 24.3 Å². The quantitative estimate of drug-likeness (QED) is 0.0343. The number of benzene rings is 4. The lowest BCUT2D eigenvalue weighted by Crippen LogP contribution is -2.59. The van der Waals surface area contributed by atoms with Crippen molar-refractivity contribution < 1.29 is 75.0 Å². The number of carbonyl (C=O) groups excluding carboxylic acids is 4. The van der Waals surface area contributed by atoms with Crippen molar-refractivity contribution in [1.82, 2.24) is 77.5 Å². The number of aryl methyl sites for hydroxylation is 4. The number of aliphatic hydroxyl groups excluding tert-OH is 1. The number of nitrogens with two attached hydrogens (primary N) is 4. The van der Waals surface area contributed by atoms with Gasteiger partial charge in [0.1, 0.15) is 114 Å². The SMILES string of the molecule is COC1CCCN(C(=O)c2c(F)c(Cl)cc(C(C)c3nc(C)c4c(N)nccn34)c2OC(C)C)C1.Cc1nc(C(C)c2cc(Cl)c(F)c(C(=O)N3CC4(CCOC4)C3)c2OC(C)C)n2ccnc(N)c12.Cc1nc(C(C)c2cc(Cl)c(F)c(C(=O)N3CCC4(CC3)COC4)c2OC(C)C)n2ccnc(N)c12.Cc1nc(C(C)c2cc(Cl)c(F)c(C(=O)NC3CC(O)C3)c2OC(C)C)n2ccnc(N)c12. The Hall–Kier alpha value is -11.6. The van der Waals surface area contributed by atoms with E-state index in [4.69, 9.17) is 117 Å². The van der Waals surface area contributed by atoms with Crippen LogP contribution in [-0.2, 0) is 14.2 Å². The molecule has 1 aliphatic carbocycles. The molecular formula is C99H118Cl4F4N20O12. The predicted octanol–water partition coefficient (Wildman–Crippen LogP) is 17.0.